The van der Waals surface area contributed by atoms with Gasteiger partial charge in [-0.15, -0.1) is 0 Å². The van der Waals surface area contributed by atoms with Crippen LogP contribution in [0, 0.1) is 40.5 Å². The van der Waals surface area contributed by atoms with Crippen molar-refractivity contribution in [2.24, 2.45) is 17.3 Å². The molecule has 0 spiro atoms. The fourth-order valence-corrected chi connectivity index (χ4v) is 3.04. The average Bonchev–Trinajstić information content (AvgIpc) is 3.09. The highest BCUT2D eigenvalue weighted by atomic mass is 19.2. The second kappa shape index (κ2) is 7.34. The Morgan fingerprint density at radius 3 is 1.92 bits per heavy atom. The summed E-state index contributed by atoms with van der Waals surface area (Å²) in [5.74, 6) is -8.90. The van der Waals surface area contributed by atoms with Crippen molar-refractivity contribution in [2.45, 2.75) is 34.0 Å². The van der Waals surface area contributed by atoms with Gasteiger partial charge in [-0.25, -0.2) is 22.0 Å². The first-order chi connectivity index (χ1) is 12.0. The first-order valence-corrected chi connectivity index (χ1v) is 7.87. The molecule has 8 heteroatoms. The Balaban J connectivity index is 2.18. The third-order valence-electron chi connectivity index (χ3n) is 4.67. The second-order valence-corrected chi connectivity index (χ2v) is 6.83. The largest absolute Gasteiger partial charge is 0.460 e. The van der Waals surface area contributed by atoms with Crippen LogP contribution < -0.4 is 0 Å². The van der Waals surface area contributed by atoms with Crippen LogP contribution in [0.15, 0.2) is 11.9 Å². The Labute approximate surface area is 147 Å². The molecule has 0 aromatic heterocycles. The monoisotopic (exact) mass is 378 g/mol. The Bertz CT molecular complexity index is 725. The van der Waals surface area contributed by atoms with Gasteiger partial charge in [0.15, 0.2) is 23.3 Å². The van der Waals surface area contributed by atoms with Gasteiger partial charge < -0.3 is 9.47 Å². The number of methoxy groups -OCH3 is 1. The molecular formula is C18H19F5O3. The molecule has 0 saturated heterocycles. The Kier molecular flexibility index (Phi) is 5.75. The summed E-state index contributed by atoms with van der Waals surface area (Å²) in [5.41, 5.74) is -2.50. The molecule has 0 heterocycles. The summed E-state index contributed by atoms with van der Waals surface area (Å²) in [5, 5.41) is 0. The summed E-state index contributed by atoms with van der Waals surface area (Å²) < 4.78 is 78.1. The highest BCUT2D eigenvalue weighted by molar-refractivity contribution is 5.78. The maximum atomic E-state index is 14.0. The maximum Gasteiger partial charge on any atom is 0.310 e. The summed E-state index contributed by atoms with van der Waals surface area (Å²) in [4.78, 5) is 12.1. The van der Waals surface area contributed by atoms with Crippen LogP contribution in [0.25, 0.3) is 0 Å². The van der Waals surface area contributed by atoms with Crippen molar-refractivity contribution in [3.8, 4) is 0 Å². The number of carbonyl (C=O) groups is 1. The number of ether oxygens (including phenoxy) is 2. The van der Waals surface area contributed by atoms with Crippen LogP contribution in [0.2, 0.25) is 0 Å². The predicted octanol–water partition coefficient (Wildman–Crippen LogP) is 4.58. The number of hydrogen-bond donors (Lipinski definition) is 0. The minimum Gasteiger partial charge on any atom is -0.460 e. The van der Waals surface area contributed by atoms with Crippen molar-refractivity contribution in [3.05, 3.63) is 46.3 Å². The van der Waals surface area contributed by atoms with E-state index in [0.717, 1.165) is 7.11 Å². The quantitative estimate of drug-likeness (QED) is 0.413. The van der Waals surface area contributed by atoms with E-state index >= 15 is 0 Å². The molecule has 0 unspecified atom stereocenters. The lowest BCUT2D eigenvalue weighted by molar-refractivity contribution is -0.147. The summed E-state index contributed by atoms with van der Waals surface area (Å²) in [7, 11) is 1.12. The van der Waals surface area contributed by atoms with Gasteiger partial charge in [0.1, 0.15) is 6.61 Å². The van der Waals surface area contributed by atoms with E-state index in [-0.39, 0.29) is 0 Å². The van der Waals surface area contributed by atoms with Crippen molar-refractivity contribution in [3.63, 3.8) is 0 Å². The van der Waals surface area contributed by atoms with Crippen LogP contribution in [0.4, 0.5) is 22.0 Å². The highest BCUT2D eigenvalue weighted by Crippen LogP contribution is 2.60. The van der Waals surface area contributed by atoms with Gasteiger partial charge in [-0.1, -0.05) is 13.8 Å². The molecule has 1 aromatic rings. The van der Waals surface area contributed by atoms with Crippen molar-refractivity contribution in [2.75, 3.05) is 7.11 Å². The standard InChI is InChI=1S/C18H19F5O3/c1-8(19)5-11-12(18(11,2)3)17(24)26-7-10-15(22)13(20)9(6-25-4)14(21)16(10)23/h5,11-12H,6-7H2,1-4H3/b8-5+/t11-,12+/m1/s1. The van der Waals surface area contributed by atoms with Crippen molar-refractivity contribution < 1.29 is 36.2 Å². The Morgan fingerprint density at radius 2 is 1.50 bits per heavy atom. The van der Waals surface area contributed by atoms with Crippen LogP contribution in [0.5, 0.6) is 0 Å². The molecule has 0 amide bonds. The molecule has 0 N–H and O–H groups in total. The van der Waals surface area contributed by atoms with Crippen LogP contribution in [0.3, 0.4) is 0 Å². The van der Waals surface area contributed by atoms with Crippen molar-refractivity contribution in [1.82, 2.24) is 0 Å². The van der Waals surface area contributed by atoms with E-state index < -0.39 is 76.7 Å². The molecule has 144 valence electrons. The van der Waals surface area contributed by atoms with E-state index in [2.05, 4.69) is 4.74 Å². The van der Waals surface area contributed by atoms with Crippen molar-refractivity contribution >= 4 is 5.97 Å². The zero-order valence-corrected chi connectivity index (χ0v) is 14.8. The zero-order chi connectivity index (χ0) is 19.8. The molecule has 0 bridgehead atoms. The first-order valence-electron chi connectivity index (χ1n) is 7.87. The molecule has 1 saturated carbocycles. The second-order valence-electron chi connectivity index (χ2n) is 6.83. The molecule has 1 fully saturated rings. The maximum absolute atomic E-state index is 14.0. The summed E-state index contributed by atoms with van der Waals surface area (Å²) in [6, 6.07) is 0. The van der Waals surface area contributed by atoms with Gasteiger partial charge >= 0.3 is 5.97 Å². The van der Waals surface area contributed by atoms with E-state index in [1.165, 1.54) is 13.0 Å². The third kappa shape index (κ3) is 3.60. The van der Waals surface area contributed by atoms with E-state index in [1.807, 2.05) is 0 Å². The Morgan fingerprint density at radius 1 is 1.04 bits per heavy atom. The minimum atomic E-state index is -1.64. The van der Waals surface area contributed by atoms with E-state index in [4.69, 9.17) is 4.74 Å². The van der Waals surface area contributed by atoms with E-state index in [0.29, 0.717) is 0 Å². The number of rotatable bonds is 6. The van der Waals surface area contributed by atoms with Crippen LogP contribution in [-0.4, -0.2) is 13.1 Å². The van der Waals surface area contributed by atoms with E-state index in [1.54, 1.807) is 13.8 Å². The normalized spacial score (nSPS) is 21.7. The SMILES string of the molecule is COCc1c(F)c(F)c(COC(=O)[C@@H]2[C@@H](/C=C(\C)F)C2(C)C)c(F)c1F. The van der Waals surface area contributed by atoms with Gasteiger partial charge in [-0.3, -0.25) is 4.79 Å². The van der Waals surface area contributed by atoms with Gasteiger partial charge in [0.2, 0.25) is 0 Å². The number of halogens is 5. The van der Waals surface area contributed by atoms with Crippen LogP contribution in [0.1, 0.15) is 31.9 Å². The molecule has 0 aliphatic heterocycles. The number of esters is 1. The molecule has 3 nitrogen and oxygen atoms in total. The van der Waals surface area contributed by atoms with Crippen LogP contribution in [-0.2, 0) is 27.5 Å². The minimum absolute atomic E-state index is 0.424. The predicted molar refractivity (Wildman–Crippen MR) is 82.4 cm³/mol. The fourth-order valence-electron chi connectivity index (χ4n) is 3.04. The summed E-state index contributed by atoms with van der Waals surface area (Å²) >= 11 is 0. The first kappa shape index (κ1) is 20.4. The topological polar surface area (TPSA) is 35.5 Å². The van der Waals surface area contributed by atoms with Gasteiger partial charge in [-0.2, -0.15) is 0 Å². The van der Waals surface area contributed by atoms with Gasteiger partial charge in [0, 0.05) is 7.11 Å². The van der Waals surface area contributed by atoms with Crippen LogP contribution >= 0.6 is 0 Å². The highest BCUT2D eigenvalue weighted by Gasteiger charge is 2.61. The number of carbonyl (C=O) groups excluding carboxylic acids is 1. The molecule has 1 aliphatic rings. The van der Waals surface area contributed by atoms with Gasteiger partial charge in [0.05, 0.1) is 29.5 Å². The average molecular weight is 378 g/mol. The van der Waals surface area contributed by atoms with E-state index in [9.17, 15) is 26.7 Å². The zero-order valence-electron chi connectivity index (χ0n) is 14.8. The lowest BCUT2D eigenvalue weighted by atomic mass is 10.1. The molecule has 2 atom stereocenters. The van der Waals surface area contributed by atoms with Gasteiger partial charge in [-0.05, 0) is 24.3 Å². The Hall–Kier alpha value is -1.96. The van der Waals surface area contributed by atoms with Crippen molar-refractivity contribution in [1.29, 1.82) is 0 Å². The lowest BCUT2D eigenvalue weighted by Crippen LogP contribution is -2.15. The summed E-state index contributed by atoms with van der Waals surface area (Å²) in [6.07, 6.45) is 1.27. The molecule has 1 aromatic carbocycles. The molecule has 1 aliphatic carbocycles. The lowest BCUT2D eigenvalue weighted by Gasteiger charge is -2.12. The fraction of sp³-hybridized carbons (Fsp3) is 0.500. The summed E-state index contributed by atoms with van der Waals surface area (Å²) in [6.45, 7) is 3.02. The molecule has 26 heavy (non-hydrogen) atoms. The molecule has 2 rings (SSSR count). The molecular weight excluding hydrogens is 359 g/mol. The smallest absolute Gasteiger partial charge is 0.310 e. The third-order valence-corrected chi connectivity index (χ3v) is 4.67. The van der Waals surface area contributed by atoms with Gasteiger partial charge in [0.25, 0.3) is 0 Å². The molecule has 0 radical (unpaired) electrons. The number of allylic oxidation sites excluding steroid dienone is 2. The number of benzene rings is 1. The number of hydrogen-bond acceptors (Lipinski definition) is 3.